The number of hydrogen-bond acceptors (Lipinski definition) is 5. The van der Waals surface area contributed by atoms with Gasteiger partial charge < -0.3 is 10.0 Å². The molecule has 0 radical (unpaired) electrons. The van der Waals surface area contributed by atoms with Crippen molar-refractivity contribution in [3.8, 4) is 0 Å². The van der Waals surface area contributed by atoms with Crippen molar-refractivity contribution in [2.24, 2.45) is 5.41 Å². The van der Waals surface area contributed by atoms with Gasteiger partial charge in [-0.05, 0) is 12.3 Å². The van der Waals surface area contributed by atoms with E-state index in [0.717, 1.165) is 0 Å². The normalized spacial score (nSPS) is 13.4. The lowest BCUT2D eigenvalue weighted by Crippen LogP contribution is -2.28. The maximum Gasteiger partial charge on any atom is 0.304 e. The van der Waals surface area contributed by atoms with E-state index in [1.165, 1.54) is 17.4 Å². The van der Waals surface area contributed by atoms with Gasteiger partial charge in [-0.1, -0.05) is 20.8 Å². The second-order valence-corrected chi connectivity index (χ2v) is 6.75. The second-order valence-electron chi connectivity index (χ2n) is 5.69. The third kappa shape index (κ3) is 3.68. The molecule has 0 spiro atoms. The predicted octanol–water partition coefficient (Wildman–Crippen LogP) is 3.19. The first kappa shape index (κ1) is 14.9. The highest BCUT2D eigenvalue weighted by atomic mass is 32.1. The Hall–Kier alpha value is -1.14. The number of nitro groups is 1. The summed E-state index contributed by atoms with van der Waals surface area (Å²) in [7, 11) is 1.84. The molecule has 0 fully saturated rings. The molecule has 0 aliphatic rings. The molecular formula is C12H20N2O3S. The standard InChI is InChI=1S/C12H20N2O3S/c1-8(15)10-6-9(14(16)17)11(18-10)13(5)7-12(2,3)4/h6,8,15H,7H2,1-5H3/t8-/m1/s1. The molecule has 5 nitrogen and oxygen atoms in total. The Bertz CT molecular complexity index is 435. The molecule has 1 aromatic heterocycles. The summed E-state index contributed by atoms with van der Waals surface area (Å²) < 4.78 is 0. The average Bonchev–Trinajstić information content (AvgIpc) is 2.58. The van der Waals surface area contributed by atoms with Crippen molar-refractivity contribution in [2.45, 2.75) is 33.8 Å². The smallest absolute Gasteiger partial charge is 0.304 e. The van der Waals surface area contributed by atoms with Crippen LogP contribution >= 0.6 is 11.3 Å². The van der Waals surface area contributed by atoms with Crippen LogP contribution in [0.3, 0.4) is 0 Å². The van der Waals surface area contributed by atoms with Gasteiger partial charge in [0, 0.05) is 24.5 Å². The van der Waals surface area contributed by atoms with E-state index in [2.05, 4.69) is 20.8 Å². The molecule has 0 amide bonds. The fraction of sp³-hybridized carbons (Fsp3) is 0.667. The molecule has 18 heavy (non-hydrogen) atoms. The van der Waals surface area contributed by atoms with Crippen LogP contribution < -0.4 is 4.90 Å². The van der Waals surface area contributed by atoms with Crippen LogP contribution in [0.5, 0.6) is 0 Å². The maximum absolute atomic E-state index is 11.0. The molecule has 102 valence electrons. The van der Waals surface area contributed by atoms with E-state index in [4.69, 9.17) is 0 Å². The van der Waals surface area contributed by atoms with E-state index >= 15 is 0 Å². The molecule has 0 aliphatic carbocycles. The second kappa shape index (κ2) is 5.24. The van der Waals surface area contributed by atoms with Crippen LogP contribution in [0.25, 0.3) is 0 Å². The predicted molar refractivity (Wildman–Crippen MR) is 74.3 cm³/mol. The number of rotatable bonds is 4. The van der Waals surface area contributed by atoms with Gasteiger partial charge in [0.05, 0.1) is 11.0 Å². The lowest BCUT2D eigenvalue weighted by atomic mass is 9.96. The Morgan fingerprint density at radius 1 is 1.56 bits per heavy atom. The van der Waals surface area contributed by atoms with Crippen LogP contribution in [-0.4, -0.2) is 23.6 Å². The van der Waals surface area contributed by atoms with Gasteiger partial charge in [-0.3, -0.25) is 10.1 Å². The zero-order chi connectivity index (χ0) is 14.1. The van der Waals surface area contributed by atoms with E-state index in [1.807, 2.05) is 11.9 Å². The lowest BCUT2D eigenvalue weighted by molar-refractivity contribution is -0.383. The number of aliphatic hydroxyl groups is 1. The van der Waals surface area contributed by atoms with Gasteiger partial charge in [0.2, 0.25) is 0 Å². The number of nitrogens with zero attached hydrogens (tertiary/aromatic N) is 2. The summed E-state index contributed by atoms with van der Waals surface area (Å²) in [6, 6.07) is 1.46. The van der Waals surface area contributed by atoms with Crippen molar-refractivity contribution in [1.82, 2.24) is 0 Å². The molecule has 1 heterocycles. The number of hydrogen-bond donors (Lipinski definition) is 1. The topological polar surface area (TPSA) is 66.6 Å². The highest BCUT2D eigenvalue weighted by Crippen LogP contribution is 2.40. The summed E-state index contributed by atoms with van der Waals surface area (Å²) in [5.74, 6) is 0. The van der Waals surface area contributed by atoms with Gasteiger partial charge in [0.25, 0.3) is 0 Å². The van der Waals surface area contributed by atoms with Crippen molar-refractivity contribution in [3.05, 3.63) is 21.1 Å². The van der Waals surface area contributed by atoms with Crippen molar-refractivity contribution in [1.29, 1.82) is 0 Å². The van der Waals surface area contributed by atoms with Crippen molar-refractivity contribution in [2.75, 3.05) is 18.5 Å². The number of aliphatic hydroxyl groups excluding tert-OH is 1. The number of thiophene rings is 1. The molecule has 0 bridgehead atoms. The van der Waals surface area contributed by atoms with E-state index < -0.39 is 11.0 Å². The Morgan fingerprint density at radius 3 is 2.50 bits per heavy atom. The van der Waals surface area contributed by atoms with E-state index in [-0.39, 0.29) is 11.1 Å². The molecule has 1 N–H and O–H groups in total. The zero-order valence-electron chi connectivity index (χ0n) is 11.4. The number of anilines is 1. The highest BCUT2D eigenvalue weighted by Gasteiger charge is 2.25. The molecule has 1 atom stereocenters. The quantitative estimate of drug-likeness (QED) is 0.675. The fourth-order valence-electron chi connectivity index (χ4n) is 1.78. The molecule has 6 heteroatoms. The van der Waals surface area contributed by atoms with Crippen LogP contribution in [0.4, 0.5) is 10.7 Å². The van der Waals surface area contributed by atoms with Crippen LogP contribution in [0.1, 0.15) is 38.7 Å². The van der Waals surface area contributed by atoms with Gasteiger partial charge in [-0.25, -0.2) is 0 Å². The third-order valence-electron chi connectivity index (χ3n) is 2.38. The van der Waals surface area contributed by atoms with Crippen LogP contribution in [0.15, 0.2) is 6.07 Å². The van der Waals surface area contributed by atoms with Crippen LogP contribution in [0.2, 0.25) is 0 Å². The van der Waals surface area contributed by atoms with E-state index in [9.17, 15) is 15.2 Å². The van der Waals surface area contributed by atoms with Gasteiger partial charge in [0.15, 0.2) is 5.00 Å². The lowest BCUT2D eigenvalue weighted by Gasteiger charge is -2.26. The summed E-state index contributed by atoms with van der Waals surface area (Å²) in [6.45, 7) is 8.58. The molecule has 1 rings (SSSR count). The summed E-state index contributed by atoms with van der Waals surface area (Å²) in [6.07, 6.45) is -0.675. The first-order valence-electron chi connectivity index (χ1n) is 5.79. The SMILES string of the molecule is C[C@@H](O)c1cc([N+](=O)[O-])c(N(C)CC(C)(C)C)s1. The maximum atomic E-state index is 11.0. The van der Waals surface area contributed by atoms with Gasteiger partial charge in [-0.2, -0.15) is 0 Å². The third-order valence-corrected chi connectivity index (χ3v) is 3.79. The van der Waals surface area contributed by atoms with Crippen LogP contribution in [-0.2, 0) is 0 Å². The Labute approximate surface area is 111 Å². The zero-order valence-corrected chi connectivity index (χ0v) is 12.2. The molecule has 0 unspecified atom stereocenters. The summed E-state index contributed by atoms with van der Waals surface area (Å²) in [5.41, 5.74) is 0.125. The molecule has 1 aromatic rings. The summed E-state index contributed by atoms with van der Waals surface area (Å²) in [4.78, 5) is 13.1. The first-order chi connectivity index (χ1) is 8.11. The van der Waals surface area contributed by atoms with Gasteiger partial charge >= 0.3 is 5.69 Å². The van der Waals surface area contributed by atoms with Gasteiger partial charge in [-0.15, -0.1) is 11.3 Å². The minimum atomic E-state index is -0.675. The minimum Gasteiger partial charge on any atom is -0.388 e. The fourth-order valence-corrected chi connectivity index (χ4v) is 2.81. The van der Waals surface area contributed by atoms with Crippen molar-refractivity contribution >= 4 is 22.0 Å². The molecule has 0 aliphatic heterocycles. The molecule has 0 aromatic carbocycles. The molecular weight excluding hydrogens is 252 g/mol. The Kier molecular flexibility index (Phi) is 4.34. The Morgan fingerprint density at radius 2 is 2.11 bits per heavy atom. The van der Waals surface area contributed by atoms with Crippen molar-refractivity contribution < 1.29 is 10.0 Å². The van der Waals surface area contributed by atoms with E-state index in [1.54, 1.807) is 6.92 Å². The van der Waals surface area contributed by atoms with Crippen molar-refractivity contribution in [3.63, 3.8) is 0 Å². The summed E-state index contributed by atoms with van der Waals surface area (Å²) >= 11 is 1.28. The van der Waals surface area contributed by atoms with Crippen LogP contribution in [0, 0.1) is 15.5 Å². The van der Waals surface area contributed by atoms with Gasteiger partial charge in [0.1, 0.15) is 0 Å². The molecule has 0 saturated heterocycles. The van der Waals surface area contributed by atoms with E-state index in [0.29, 0.717) is 16.4 Å². The summed E-state index contributed by atoms with van der Waals surface area (Å²) in [5, 5.41) is 21.2. The monoisotopic (exact) mass is 272 g/mol. The average molecular weight is 272 g/mol. The minimum absolute atomic E-state index is 0.0532. The highest BCUT2D eigenvalue weighted by molar-refractivity contribution is 7.16. The largest absolute Gasteiger partial charge is 0.388 e. The molecule has 0 saturated carbocycles. The Balaban J connectivity index is 3.10. The first-order valence-corrected chi connectivity index (χ1v) is 6.61.